The number of nitrogens with one attached hydrogen (secondary N) is 1. The summed E-state index contributed by atoms with van der Waals surface area (Å²) < 4.78 is 12.9. The Bertz CT molecular complexity index is 716. The first-order valence-electron chi connectivity index (χ1n) is 5.93. The molecule has 96 valence electrons. The van der Waals surface area contributed by atoms with E-state index >= 15 is 0 Å². The molecule has 0 aliphatic heterocycles. The lowest BCUT2D eigenvalue weighted by molar-refractivity contribution is 0.628. The zero-order chi connectivity index (χ0) is 13.4. The van der Waals surface area contributed by atoms with Gasteiger partial charge in [0.2, 0.25) is 0 Å². The van der Waals surface area contributed by atoms with E-state index < -0.39 is 0 Å². The molecule has 0 saturated heterocycles. The maximum atomic E-state index is 12.9. The highest BCUT2D eigenvalue weighted by molar-refractivity contribution is 5.77. The highest BCUT2D eigenvalue weighted by Gasteiger charge is 2.08. The van der Waals surface area contributed by atoms with E-state index in [0.29, 0.717) is 11.5 Å². The summed E-state index contributed by atoms with van der Waals surface area (Å²) in [6.07, 6.45) is 0. The number of imidazole rings is 1. The molecule has 0 bridgehead atoms. The van der Waals surface area contributed by atoms with E-state index in [9.17, 15) is 4.39 Å². The quantitative estimate of drug-likeness (QED) is 0.766. The van der Waals surface area contributed by atoms with Crippen LogP contribution < -0.4 is 4.90 Å². The van der Waals surface area contributed by atoms with Gasteiger partial charge in [0.25, 0.3) is 0 Å². The molecule has 0 amide bonds. The molecule has 0 aliphatic carbocycles. The number of aromatic nitrogens is 3. The van der Waals surface area contributed by atoms with Gasteiger partial charge in [0.15, 0.2) is 5.65 Å². The van der Waals surface area contributed by atoms with Gasteiger partial charge in [0.1, 0.15) is 17.5 Å². The summed E-state index contributed by atoms with van der Waals surface area (Å²) in [5.41, 5.74) is 2.36. The minimum absolute atomic E-state index is 0.257. The maximum Gasteiger partial charge on any atom is 0.180 e. The summed E-state index contributed by atoms with van der Waals surface area (Å²) in [7, 11) is 3.86. The smallest absolute Gasteiger partial charge is 0.180 e. The Morgan fingerprint density at radius 3 is 2.42 bits per heavy atom. The fourth-order valence-electron chi connectivity index (χ4n) is 1.88. The number of fused-ring (bicyclic) bond motifs is 1. The topological polar surface area (TPSA) is 44.8 Å². The molecule has 0 radical (unpaired) electrons. The van der Waals surface area contributed by atoms with Crippen molar-refractivity contribution in [1.82, 2.24) is 15.0 Å². The summed E-state index contributed by atoms with van der Waals surface area (Å²) >= 11 is 0. The van der Waals surface area contributed by atoms with E-state index in [0.717, 1.165) is 16.9 Å². The van der Waals surface area contributed by atoms with Gasteiger partial charge in [-0.2, -0.15) is 0 Å². The number of H-pyrrole nitrogens is 1. The molecule has 2 heterocycles. The Hall–Kier alpha value is -2.43. The van der Waals surface area contributed by atoms with Crippen molar-refractivity contribution in [3.63, 3.8) is 0 Å². The van der Waals surface area contributed by atoms with Crippen molar-refractivity contribution in [1.29, 1.82) is 0 Å². The van der Waals surface area contributed by atoms with Gasteiger partial charge in [-0.15, -0.1) is 0 Å². The van der Waals surface area contributed by atoms with Gasteiger partial charge in [-0.1, -0.05) is 0 Å². The molecule has 0 aliphatic rings. The number of pyridine rings is 1. The number of anilines is 1. The summed E-state index contributed by atoms with van der Waals surface area (Å²) in [6.45, 7) is 0. The van der Waals surface area contributed by atoms with Gasteiger partial charge in [-0.3, -0.25) is 0 Å². The Kier molecular flexibility index (Phi) is 2.67. The lowest BCUT2D eigenvalue weighted by Gasteiger charge is -2.09. The van der Waals surface area contributed by atoms with Crippen LogP contribution in [0.3, 0.4) is 0 Å². The standard InChI is InChI=1S/C14H13FN4/c1-19(2)12-8-7-11-14(17-12)18-13(16-11)9-3-5-10(15)6-4-9/h3-8H,1-2H3,(H,16,17,18). The van der Waals surface area contributed by atoms with Crippen LogP contribution in [0.5, 0.6) is 0 Å². The molecule has 0 fully saturated rings. The van der Waals surface area contributed by atoms with Crippen LogP contribution in [0.4, 0.5) is 10.2 Å². The number of hydrogen-bond acceptors (Lipinski definition) is 3. The Balaban J connectivity index is 2.08. The van der Waals surface area contributed by atoms with Crippen LogP contribution in [0.1, 0.15) is 0 Å². The minimum Gasteiger partial charge on any atom is -0.363 e. The van der Waals surface area contributed by atoms with Gasteiger partial charge in [-0.25, -0.2) is 14.4 Å². The molecule has 5 heteroatoms. The van der Waals surface area contributed by atoms with E-state index in [1.807, 2.05) is 31.1 Å². The third-order valence-corrected chi connectivity index (χ3v) is 2.91. The summed E-state index contributed by atoms with van der Waals surface area (Å²) in [4.78, 5) is 14.0. The van der Waals surface area contributed by atoms with Crippen LogP contribution in [0.15, 0.2) is 36.4 Å². The fraction of sp³-hybridized carbons (Fsp3) is 0.143. The highest BCUT2D eigenvalue weighted by Crippen LogP contribution is 2.21. The molecule has 2 aromatic heterocycles. The van der Waals surface area contributed by atoms with Crippen molar-refractivity contribution in [3.05, 3.63) is 42.2 Å². The molecular formula is C14H13FN4. The molecule has 4 nitrogen and oxygen atoms in total. The number of halogens is 1. The Morgan fingerprint density at radius 2 is 1.74 bits per heavy atom. The van der Waals surface area contributed by atoms with Crippen LogP contribution in [0.2, 0.25) is 0 Å². The maximum absolute atomic E-state index is 12.9. The van der Waals surface area contributed by atoms with Crippen molar-refractivity contribution in [2.75, 3.05) is 19.0 Å². The number of hydrogen-bond donors (Lipinski definition) is 1. The molecular weight excluding hydrogens is 243 g/mol. The molecule has 0 spiro atoms. The lowest BCUT2D eigenvalue weighted by Crippen LogP contribution is -2.10. The van der Waals surface area contributed by atoms with Crippen LogP contribution in [0, 0.1) is 5.82 Å². The van der Waals surface area contributed by atoms with E-state index in [4.69, 9.17) is 0 Å². The summed E-state index contributed by atoms with van der Waals surface area (Å²) in [6, 6.07) is 10.1. The zero-order valence-electron chi connectivity index (χ0n) is 10.7. The third kappa shape index (κ3) is 2.14. The van der Waals surface area contributed by atoms with Crippen molar-refractivity contribution in [2.24, 2.45) is 0 Å². The molecule has 3 rings (SSSR count). The first kappa shape index (κ1) is 11.6. The highest BCUT2D eigenvalue weighted by atomic mass is 19.1. The number of aromatic amines is 1. The normalized spacial score (nSPS) is 10.9. The minimum atomic E-state index is -0.257. The molecule has 1 aromatic carbocycles. The number of benzene rings is 1. The van der Waals surface area contributed by atoms with Gasteiger partial charge < -0.3 is 9.88 Å². The summed E-state index contributed by atoms with van der Waals surface area (Å²) in [5.74, 6) is 1.29. The van der Waals surface area contributed by atoms with Gasteiger partial charge in [0, 0.05) is 19.7 Å². The van der Waals surface area contributed by atoms with Crippen LogP contribution >= 0.6 is 0 Å². The second-order valence-corrected chi connectivity index (χ2v) is 4.53. The Labute approximate surface area is 109 Å². The second-order valence-electron chi connectivity index (χ2n) is 4.53. The van der Waals surface area contributed by atoms with Crippen LogP contribution in [-0.4, -0.2) is 29.0 Å². The molecule has 19 heavy (non-hydrogen) atoms. The number of rotatable bonds is 2. The van der Waals surface area contributed by atoms with Crippen LogP contribution in [-0.2, 0) is 0 Å². The molecule has 1 N–H and O–H groups in total. The summed E-state index contributed by atoms with van der Waals surface area (Å²) in [5, 5.41) is 0. The van der Waals surface area contributed by atoms with Crippen molar-refractivity contribution in [2.45, 2.75) is 0 Å². The lowest BCUT2D eigenvalue weighted by atomic mass is 10.2. The second kappa shape index (κ2) is 4.35. The SMILES string of the molecule is CN(C)c1ccc2[nH]c(-c3ccc(F)cc3)nc2n1. The molecule has 0 unspecified atom stereocenters. The van der Waals surface area contributed by atoms with Gasteiger partial charge in [0.05, 0.1) is 5.52 Å². The van der Waals surface area contributed by atoms with E-state index in [1.165, 1.54) is 12.1 Å². The average Bonchev–Trinajstić information content (AvgIpc) is 2.82. The number of nitrogens with zero attached hydrogens (tertiary/aromatic N) is 3. The predicted molar refractivity (Wildman–Crippen MR) is 73.6 cm³/mol. The predicted octanol–water partition coefficient (Wildman–Crippen LogP) is 2.83. The van der Waals surface area contributed by atoms with Gasteiger partial charge >= 0.3 is 0 Å². The molecule has 0 saturated carbocycles. The van der Waals surface area contributed by atoms with Crippen molar-refractivity contribution in [3.8, 4) is 11.4 Å². The van der Waals surface area contributed by atoms with E-state index in [1.54, 1.807) is 12.1 Å². The average molecular weight is 256 g/mol. The van der Waals surface area contributed by atoms with Crippen molar-refractivity contribution >= 4 is 17.0 Å². The monoisotopic (exact) mass is 256 g/mol. The largest absolute Gasteiger partial charge is 0.363 e. The van der Waals surface area contributed by atoms with Gasteiger partial charge in [-0.05, 0) is 36.4 Å². The van der Waals surface area contributed by atoms with E-state index in [-0.39, 0.29) is 5.82 Å². The van der Waals surface area contributed by atoms with E-state index in [2.05, 4.69) is 15.0 Å². The Morgan fingerprint density at radius 1 is 1.00 bits per heavy atom. The third-order valence-electron chi connectivity index (χ3n) is 2.91. The van der Waals surface area contributed by atoms with Crippen LogP contribution in [0.25, 0.3) is 22.6 Å². The molecule has 3 aromatic rings. The molecule has 0 atom stereocenters. The zero-order valence-corrected chi connectivity index (χ0v) is 10.7. The van der Waals surface area contributed by atoms with Crippen molar-refractivity contribution < 1.29 is 4.39 Å². The first-order chi connectivity index (χ1) is 9.13. The fourth-order valence-corrected chi connectivity index (χ4v) is 1.88. The first-order valence-corrected chi connectivity index (χ1v) is 5.93.